The van der Waals surface area contributed by atoms with Crippen LogP contribution in [0, 0.1) is 0 Å². The van der Waals surface area contributed by atoms with E-state index in [4.69, 9.17) is 0 Å². The molecule has 1 N–H and O–H groups in total. The van der Waals surface area contributed by atoms with Crippen molar-refractivity contribution < 1.29 is 0 Å². The van der Waals surface area contributed by atoms with Crippen LogP contribution < -0.4 is 0 Å². The van der Waals surface area contributed by atoms with Gasteiger partial charge in [-0.25, -0.2) is 4.98 Å². The maximum Gasteiger partial charge on any atom is 0.107 e. The molecule has 0 spiro atoms. The molecule has 0 aliphatic rings. The fourth-order valence-corrected chi connectivity index (χ4v) is 2.42. The van der Waals surface area contributed by atoms with Crippen molar-refractivity contribution in [3.05, 3.63) is 78.2 Å². The van der Waals surface area contributed by atoms with Gasteiger partial charge >= 0.3 is 0 Å². The molecule has 3 rings (SSSR count). The lowest BCUT2D eigenvalue weighted by molar-refractivity contribution is 0.727. The predicted octanol–water partition coefficient (Wildman–Crippen LogP) is 4.42. The minimum absolute atomic E-state index is 0.464. The summed E-state index contributed by atoms with van der Waals surface area (Å²) >= 11 is 0. The number of hydrogen-bond donors (Lipinski definition) is 1. The Bertz CT molecular complexity index is 656. The van der Waals surface area contributed by atoms with E-state index in [1.54, 1.807) is 0 Å². The van der Waals surface area contributed by atoms with E-state index in [-0.39, 0.29) is 0 Å². The molecule has 1 atom stereocenters. The van der Waals surface area contributed by atoms with E-state index in [0.717, 1.165) is 17.9 Å². The van der Waals surface area contributed by atoms with Gasteiger partial charge in [0.2, 0.25) is 0 Å². The van der Waals surface area contributed by atoms with Crippen molar-refractivity contribution in [2.24, 2.45) is 0 Å². The van der Waals surface area contributed by atoms with E-state index in [1.807, 2.05) is 24.4 Å². The summed E-state index contributed by atoms with van der Waals surface area (Å²) in [7, 11) is 0. The van der Waals surface area contributed by atoms with Gasteiger partial charge in [-0.15, -0.1) is 0 Å². The molecule has 0 radical (unpaired) electrons. The summed E-state index contributed by atoms with van der Waals surface area (Å²) in [5.74, 6) is 1.51. The van der Waals surface area contributed by atoms with Gasteiger partial charge in [0.1, 0.15) is 5.82 Å². The first-order valence-electron chi connectivity index (χ1n) is 6.97. The first-order chi connectivity index (χ1) is 9.83. The summed E-state index contributed by atoms with van der Waals surface area (Å²) in [6.45, 7) is 2.24. The summed E-state index contributed by atoms with van der Waals surface area (Å²) in [6.07, 6.45) is 2.85. The fraction of sp³-hybridized carbons (Fsp3) is 0.167. The number of aromatic amines is 1. The zero-order valence-electron chi connectivity index (χ0n) is 11.6. The Morgan fingerprint density at radius 3 is 2.30 bits per heavy atom. The number of nitrogens with one attached hydrogen (secondary N) is 1. The third kappa shape index (κ3) is 2.80. The Labute approximate surface area is 119 Å². The smallest absolute Gasteiger partial charge is 0.107 e. The topological polar surface area (TPSA) is 28.7 Å². The Hall–Kier alpha value is -2.35. The number of H-pyrrole nitrogens is 1. The largest absolute Gasteiger partial charge is 0.342 e. The van der Waals surface area contributed by atoms with Crippen LogP contribution in [0.5, 0.6) is 0 Å². The molecule has 2 aromatic carbocycles. The van der Waals surface area contributed by atoms with Crippen molar-refractivity contribution in [3.63, 3.8) is 0 Å². The summed E-state index contributed by atoms with van der Waals surface area (Å²) in [5, 5.41) is 0. The molecule has 2 nitrogen and oxygen atoms in total. The maximum absolute atomic E-state index is 4.50. The van der Waals surface area contributed by atoms with E-state index >= 15 is 0 Å². The third-order valence-electron chi connectivity index (χ3n) is 3.58. The highest BCUT2D eigenvalue weighted by molar-refractivity contribution is 5.58. The fourth-order valence-electron chi connectivity index (χ4n) is 2.42. The van der Waals surface area contributed by atoms with Gasteiger partial charge in [-0.2, -0.15) is 0 Å². The molecule has 0 amide bonds. The Balaban J connectivity index is 1.75. The number of hydrogen-bond acceptors (Lipinski definition) is 1. The highest BCUT2D eigenvalue weighted by Gasteiger charge is 2.09. The van der Waals surface area contributed by atoms with Gasteiger partial charge in [0, 0.05) is 6.42 Å². The predicted molar refractivity (Wildman–Crippen MR) is 82.6 cm³/mol. The van der Waals surface area contributed by atoms with Crippen LogP contribution in [0.15, 0.2) is 66.9 Å². The van der Waals surface area contributed by atoms with Crippen LogP contribution >= 0.6 is 0 Å². The lowest BCUT2D eigenvalue weighted by Crippen LogP contribution is -1.99. The minimum Gasteiger partial charge on any atom is -0.342 e. The first kappa shape index (κ1) is 12.7. The van der Waals surface area contributed by atoms with E-state index in [0.29, 0.717) is 5.92 Å². The van der Waals surface area contributed by atoms with Crippen molar-refractivity contribution in [1.29, 1.82) is 0 Å². The second kappa shape index (κ2) is 5.74. The zero-order valence-corrected chi connectivity index (χ0v) is 11.6. The van der Waals surface area contributed by atoms with Crippen LogP contribution in [0.3, 0.4) is 0 Å². The molecule has 20 heavy (non-hydrogen) atoms. The summed E-state index contributed by atoms with van der Waals surface area (Å²) in [4.78, 5) is 7.92. The molecule has 0 aliphatic heterocycles. The van der Waals surface area contributed by atoms with Gasteiger partial charge in [-0.05, 0) is 17.0 Å². The molecule has 0 fully saturated rings. The van der Waals surface area contributed by atoms with Gasteiger partial charge in [-0.3, -0.25) is 0 Å². The second-order valence-corrected chi connectivity index (χ2v) is 5.13. The Morgan fingerprint density at radius 2 is 1.60 bits per heavy atom. The van der Waals surface area contributed by atoms with Crippen molar-refractivity contribution in [2.75, 3.05) is 0 Å². The third-order valence-corrected chi connectivity index (χ3v) is 3.58. The summed E-state index contributed by atoms with van der Waals surface area (Å²) in [6, 6.07) is 20.9. The standard InChI is InChI=1S/C18H18N2/c1-14(15-8-4-2-5-9-15)12-18-19-13-17(20-18)16-10-6-3-7-11-16/h2-11,13-14H,12H2,1H3,(H,19,20). The van der Waals surface area contributed by atoms with Crippen molar-refractivity contribution >= 4 is 0 Å². The molecule has 100 valence electrons. The second-order valence-electron chi connectivity index (χ2n) is 5.13. The molecule has 0 bridgehead atoms. The van der Waals surface area contributed by atoms with E-state index in [2.05, 4.69) is 59.4 Å². The Kier molecular flexibility index (Phi) is 3.64. The summed E-state index contributed by atoms with van der Waals surface area (Å²) < 4.78 is 0. The van der Waals surface area contributed by atoms with Gasteiger partial charge < -0.3 is 4.98 Å². The van der Waals surface area contributed by atoms with E-state index in [1.165, 1.54) is 11.1 Å². The number of benzene rings is 2. The molecule has 0 aliphatic carbocycles. The zero-order chi connectivity index (χ0) is 13.8. The van der Waals surface area contributed by atoms with Crippen molar-refractivity contribution in [2.45, 2.75) is 19.3 Å². The SMILES string of the molecule is CC(Cc1ncc(-c2ccccc2)[nH]1)c1ccccc1. The number of aromatic nitrogens is 2. The van der Waals surface area contributed by atoms with Gasteiger partial charge in [-0.1, -0.05) is 67.6 Å². The average molecular weight is 262 g/mol. The normalized spacial score (nSPS) is 12.2. The van der Waals surface area contributed by atoms with Crippen LogP contribution in [-0.2, 0) is 6.42 Å². The number of imidazole rings is 1. The molecule has 0 saturated carbocycles. The van der Waals surface area contributed by atoms with Crippen molar-refractivity contribution in [3.8, 4) is 11.3 Å². The maximum atomic E-state index is 4.50. The van der Waals surface area contributed by atoms with Crippen LogP contribution in [-0.4, -0.2) is 9.97 Å². The van der Waals surface area contributed by atoms with Crippen LogP contribution in [0.25, 0.3) is 11.3 Å². The molecule has 2 heteroatoms. The van der Waals surface area contributed by atoms with Gasteiger partial charge in [0.05, 0.1) is 11.9 Å². The molecule has 1 aromatic heterocycles. The highest BCUT2D eigenvalue weighted by atomic mass is 14.9. The molecule has 0 saturated heterocycles. The molecular weight excluding hydrogens is 244 g/mol. The molecular formula is C18H18N2. The quantitative estimate of drug-likeness (QED) is 0.740. The van der Waals surface area contributed by atoms with Crippen LogP contribution in [0.2, 0.25) is 0 Å². The van der Waals surface area contributed by atoms with E-state index in [9.17, 15) is 0 Å². The molecule has 3 aromatic rings. The van der Waals surface area contributed by atoms with Crippen molar-refractivity contribution in [1.82, 2.24) is 9.97 Å². The van der Waals surface area contributed by atoms with Crippen LogP contribution in [0.4, 0.5) is 0 Å². The van der Waals surface area contributed by atoms with Crippen LogP contribution in [0.1, 0.15) is 24.2 Å². The number of nitrogens with zero attached hydrogens (tertiary/aromatic N) is 1. The van der Waals surface area contributed by atoms with Gasteiger partial charge in [0.25, 0.3) is 0 Å². The lowest BCUT2D eigenvalue weighted by Gasteiger charge is -2.09. The highest BCUT2D eigenvalue weighted by Crippen LogP contribution is 2.21. The molecule has 1 heterocycles. The first-order valence-corrected chi connectivity index (χ1v) is 6.97. The van der Waals surface area contributed by atoms with E-state index < -0.39 is 0 Å². The minimum atomic E-state index is 0.464. The number of rotatable bonds is 4. The van der Waals surface area contributed by atoms with Gasteiger partial charge in [0.15, 0.2) is 0 Å². The molecule has 1 unspecified atom stereocenters. The monoisotopic (exact) mass is 262 g/mol. The average Bonchev–Trinajstić information content (AvgIpc) is 2.97. The lowest BCUT2D eigenvalue weighted by atomic mass is 9.98. The summed E-state index contributed by atoms with van der Waals surface area (Å²) in [5.41, 5.74) is 3.62. The Morgan fingerprint density at radius 1 is 0.950 bits per heavy atom.